The summed E-state index contributed by atoms with van der Waals surface area (Å²) in [6, 6.07) is 2.03. The quantitative estimate of drug-likeness (QED) is 0.691. The Morgan fingerprint density at radius 2 is 2.26 bits per heavy atom. The molecule has 7 heteroatoms. The number of aromatic nitrogens is 2. The molecule has 0 bridgehead atoms. The summed E-state index contributed by atoms with van der Waals surface area (Å²) in [5.41, 5.74) is 0.911. The van der Waals surface area contributed by atoms with Crippen molar-refractivity contribution in [3.63, 3.8) is 0 Å². The van der Waals surface area contributed by atoms with E-state index in [0.717, 1.165) is 36.8 Å². The fraction of sp³-hybridized carbons (Fsp3) is 0.333. The number of nitrogens with zero attached hydrogens (tertiary/aromatic N) is 2. The molecule has 0 amide bonds. The highest BCUT2D eigenvalue weighted by Gasteiger charge is 2.14. The molecule has 0 fully saturated rings. The molecule has 2 rings (SSSR count). The van der Waals surface area contributed by atoms with Crippen LogP contribution in [0.25, 0.3) is 10.7 Å². The highest BCUT2D eigenvalue weighted by atomic mass is 127. The first-order valence-electron chi connectivity index (χ1n) is 5.69. The lowest BCUT2D eigenvalue weighted by molar-refractivity contribution is 0.181. The molecule has 0 aliphatic carbocycles. The van der Waals surface area contributed by atoms with E-state index in [4.69, 9.17) is 4.74 Å². The minimum absolute atomic E-state index is 0.485. The van der Waals surface area contributed by atoms with Gasteiger partial charge in [0.2, 0.25) is 0 Å². The molecular weight excluding hydrogens is 441 g/mol. The van der Waals surface area contributed by atoms with Gasteiger partial charge in [-0.2, -0.15) is 0 Å². The van der Waals surface area contributed by atoms with Crippen molar-refractivity contribution in [2.24, 2.45) is 0 Å². The zero-order valence-electron chi connectivity index (χ0n) is 10.5. The number of nitrogens with one attached hydrogen (secondary N) is 1. The average molecular weight is 454 g/mol. The van der Waals surface area contributed by atoms with E-state index in [9.17, 15) is 0 Å². The van der Waals surface area contributed by atoms with E-state index >= 15 is 0 Å². The molecule has 102 valence electrons. The third-order valence-corrected chi connectivity index (χ3v) is 5.15. The van der Waals surface area contributed by atoms with Crippen LogP contribution in [0.15, 0.2) is 15.9 Å². The minimum Gasteiger partial charge on any atom is -0.378 e. The summed E-state index contributed by atoms with van der Waals surface area (Å²) >= 11 is 7.33. The van der Waals surface area contributed by atoms with Crippen molar-refractivity contribution in [2.75, 3.05) is 19.0 Å². The lowest BCUT2D eigenvalue weighted by atomic mass is 10.3. The van der Waals surface area contributed by atoms with Crippen LogP contribution in [-0.4, -0.2) is 23.6 Å². The van der Waals surface area contributed by atoms with E-state index in [1.54, 1.807) is 18.4 Å². The van der Waals surface area contributed by atoms with Crippen LogP contribution in [0.5, 0.6) is 0 Å². The van der Waals surface area contributed by atoms with Gasteiger partial charge in [-0.15, -0.1) is 11.3 Å². The average Bonchev–Trinajstić information content (AvgIpc) is 2.81. The Hall–Kier alpha value is -0.250. The van der Waals surface area contributed by atoms with Gasteiger partial charge >= 0.3 is 0 Å². The number of rotatable bonds is 5. The number of hydrogen-bond donors (Lipinski definition) is 1. The van der Waals surface area contributed by atoms with Crippen LogP contribution in [0, 0.1) is 3.57 Å². The van der Waals surface area contributed by atoms with Crippen LogP contribution in [0.1, 0.15) is 12.6 Å². The van der Waals surface area contributed by atoms with Crippen LogP contribution < -0.4 is 5.32 Å². The zero-order chi connectivity index (χ0) is 13.8. The number of methoxy groups -OCH3 is 1. The summed E-state index contributed by atoms with van der Waals surface area (Å²) in [5, 5.41) is 5.30. The van der Waals surface area contributed by atoms with E-state index in [2.05, 4.69) is 60.7 Å². The molecule has 2 aromatic rings. The molecule has 0 atom stereocenters. The predicted molar refractivity (Wildman–Crippen MR) is 90.6 cm³/mol. The normalized spacial score (nSPS) is 10.7. The predicted octanol–water partition coefficient (Wildman–Crippen LogP) is 4.15. The molecular formula is C12H13BrIN3OS. The van der Waals surface area contributed by atoms with Gasteiger partial charge in [0.05, 0.1) is 20.7 Å². The number of anilines is 1. The van der Waals surface area contributed by atoms with Gasteiger partial charge in [-0.05, 0) is 51.5 Å². The van der Waals surface area contributed by atoms with Crippen LogP contribution in [0.3, 0.4) is 0 Å². The van der Waals surface area contributed by atoms with Crippen molar-refractivity contribution >= 4 is 55.7 Å². The van der Waals surface area contributed by atoms with Crippen molar-refractivity contribution in [1.82, 2.24) is 9.97 Å². The monoisotopic (exact) mass is 453 g/mol. The first kappa shape index (κ1) is 15.1. The van der Waals surface area contributed by atoms with Crippen molar-refractivity contribution in [3.05, 3.63) is 25.2 Å². The fourth-order valence-electron chi connectivity index (χ4n) is 1.55. The van der Waals surface area contributed by atoms with Crippen LogP contribution >= 0.6 is 49.9 Å². The molecule has 0 unspecified atom stereocenters. The number of halogens is 2. The zero-order valence-corrected chi connectivity index (χ0v) is 15.1. The summed E-state index contributed by atoms with van der Waals surface area (Å²) < 4.78 is 7.27. The highest BCUT2D eigenvalue weighted by molar-refractivity contribution is 14.1. The lowest BCUT2D eigenvalue weighted by Crippen LogP contribution is -2.08. The second kappa shape index (κ2) is 6.96. The number of thiophene rings is 1. The summed E-state index contributed by atoms with van der Waals surface area (Å²) in [6.07, 6.45) is 0. The van der Waals surface area contributed by atoms with Crippen molar-refractivity contribution in [3.8, 4) is 10.7 Å². The maximum Gasteiger partial charge on any atom is 0.172 e. The SMILES string of the molecule is CCNc1nc(-c2cc(Br)cs2)nc(COC)c1I. The Morgan fingerprint density at radius 1 is 1.47 bits per heavy atom. The van der Waals surface area contributed by atoms with Gasteiger partial charge in [-0.3, -0.25) is 0 Å². The summed E-state index contributed by atoms with van der Waals surface area (Å²) in [6.45, 7) is 3.36. The molecule has 0 radical (unpaired) electrons. The summed E-state index contributed by atoms with van der Waals surface area (Å²) in [5.74, 6) is 1.60. The Bertz CT molecular complexity index is 549. The first-order valence-corrected chi connectivity index (χ1v) is 8.44. The van der Waals surface area contributed by atoms with Gasteiger partial charge < -0.3 is 10.1 Å². The molecule has 2 aromatic heterocycles. The minimum atomic E-state index is 0.485. The van der Waals surface area contributed by atoms with Crippen molar-refractivity contribution < 1.29 is 4.74 Å². The van der Waals surface area contributed by atoms with E-state index in [1.807, 2.05) is 11.4 Å². The molecule has 1 N–H and O–H groups in total. The van der Waals surface area contributed by atoms with Crippen LogP contribution in [-0.2, 0) is 11.3 Å². The van der Waals surface area contributed by atoms with Crippen molar-refractivity contribution in [2.45, 2.75) is 13.5 Å². The van der Waals surface area contributed by atoms with E-state index < -0.39 is 0 Å². The summed E-state index contributed by atoms with van der Waals surface area (Å²) in [7, 11) is 1.67. The molecule has 0 spiro atoms. The highest BCUT2D eigenvalue weighted by Crippen LogP contribution is 2.30. The molecule has 0 saturated carbocycles. The van der Waals surface area contributed by atoms with Gasteiger partial charge in [0.1, 0.15) is 5.82 Å². The molecule has 2 heterocycles. The smallest absolute Gasteiger partial charge is 0.172 e. The molecule has 19 heavy (non-hydrogen) atoms. The van der Waals surface area contributed by atoms with Gasteiger partial charge in [-0.25, -0.2) is 9.97 Å². The van der Waals surface area contributed by atoms with E-state index in [1.165, 1.54) is 0 Å². The van der Waals surface area contributed by atoms with Crippen LogP contribution in [0.4, 0.5) is 5.82 Å². The second-order valence-electron chi connectivity index (χ2n) is 3.75. The molecule has 0 aliphatic rings. The van der Waals surface area contributed by atoms with Gasteiger partial charge in [0.25, 0.3) is 0 Å². The maximum atomic E-state index is 5.21. The standard InChI is InChI=1S/C12H13BrIN3OS/c1-3-15-12-10(14)8(5-18-2)16-11(17-12)9-4-7(13)6-19-9/h4,6H,3,5H2,1-2H3,(H,15,16,17). The largest absolute Gasteiger partial charge is 0.378 e. The van der Waals surface area contributed by atoms with Gasteiger partial charge in [0.15, 0.2) is 5.82 Å². The Balaban J connectivity index is 2.48. The maximum absolute atomic E-state index is 5.21. The molecule has 0 aliphatic heterocycles. The topological polar surface area (TPSA) is 47.0 Å². The molecule has 0 saturated heterocycles. The van der Waals surface area contributed by atoms with E-state index in [-0.39, 0.29) is 0 Å². The first-order chi connectivity index (χ1) is 9.15. The Labute approximate surface area is 138 Å². The number of ether oxygens (including phenoxy) is 1. The van der Waals surface area contributed by atoms with Gasteiger partial charge in [-0.1, -0.05) is 0 Å². The van der Waals surface area contributed by atoms with Crippen molar-refractivity contribution in [1.29, 1.82) is 0 Å². The lowest BCUT2D eigenvalue weighted by Gasteiger charge is -2.11. The third-order valence-electron chi connectivity index (χ3n) is 2.33. The second-order valence-corrected chi connectivity index (χ2v) is 6.65. The molecule has 0 aromatic carbocycles. The number of hydrogen-bond acceptors (Lipinski definition) is 5. The van der Waals surface area contributed by atoms with Crippen LogP contribution in [0.2, 0.25) is 0 Å². The molecule has 4 nitrogen and oxygen atoms in total. The summed E-state index contributed by atoms with van der Waals surface area (Å²) in [4.78, 5) is 10.2. The Kier molecular flexibility index (Phi) is 5.55. The third kappa shape index (κ3) is 3.65. The Morgan fingerprint density at radius 3 is 2.84 bits per heavy atom. The fourth-order valence-corrected chi connectivity index (χ4v) is 3.50. The van der Waals surface area contributed by atoms with Gasteiger partial charge in [0, 0.05) is 23.5 Å². The van der Waals surface area contributed by atoms with E-state index in [0.29, 0.717) is 6.61 Å².